The van der Waals surface area contributed by atoms with Crippen LogP contribution in [0.15, 0.2) is 54.2 Å². The Morgan fingerprint density at radius 1 is 1.08 bits per heavy atom. The molecule has 0 atom stereocenters. The zero-order chi connectivity index (χ0) is 16.8. The molecule has 0 bridgehead atoms. The smallest absolute Gasteiger partial charge is 0.191 e. The van der Waals surface area contributed by atoms with E-state index in [0.29, 0.717) is 13.1 Å². The first-order chi connectivity index (χ1) is 11.8. The lowest BCUT2D eigenvalue weighted by Gasteiger charge is -2.12. The summed E-state index contributed by atoms with van der Waals surface area (Å²) in [6.07, 6.45) is 4.98. The Kier molecular flexibility index (Phi) is 4.85. The Bertz CT molecular complexity index is 786. The zero-order valence-electron chi connectivity index (χ0n) is 13.7. The molecule has 0 amide bonds. The monoisotopic (exact) mass is 324 g/mol. The number of nitrogens with one attached hydrogen (secondary N) is 2. The van der Waals surface area contributed by atoms with Crippen LogP contribution in [0.5, 0.6) is 0 Å². The van der Waals surface area contributed by atoms with Gasteiger partial charge >= 0.3 is 0 Å². The Labute approximate surface area is 140 Å². The van der Waals surface area contributed by atoms with Gasteiger partial charge in [0.25, 0.3) is 0 Å². The van der Waals surface area contributed by atoms with Crippen LogP contribution in [-0.4, -0.2) is 37.6 Å². The predicted octanol–water partition coefficient (Wildman–Crippen LogP) is 0.866. The summed E-state index contributed by atoms with van der Waals surface area (Å²) in [6.45, 7) is 1.35. The number of guanidine groups is 1. The minimum atomic E-state index is 0.668. The standard InChI is InChI=1S/C16H20N8/c1-17-16(20-10-15-7-8-21-23(15)2)19-9-13-3-5-14(6-4-13)24-12-18-11-22-24/h3-8,11-12H,9-10H2,1-2H3,(H2,17,19,20). The largest absolute Gasteiger partial charge is 0.352 e. The summed E-state index contributed by atoms with van der Waals surface area (Å²) < 4.78 is 3.56. The minimum Gasteiger partial charge on any atom is -0.352 e. The van der Waals surface area contributed by atoms with Gasteiger partial charge in [-0.15, -0.1) is 0 Å². The molecule has 0 fully saturated rings. The number of aryl methyl sites for hydroxylation is 1. The molecule has 124 valence electrons. The van der Waals surface area contributed by atoms with Crippen LogP contribution in [0, 0.1) is 0 Å². The third-order valence-corrected chi connectivity index (χ3v) is 3.66. The molecule has 2 aromatic heterocycles. The van der Waals surface area contributed by atoms with Crippen LogP contribution in [0.25, 0.3) is 5.69 Å². The number of nitrogens with zero attached hydrogens (tertiary/aromatic N) is 6. The minimum absolute atomic E-state index is 0.668. The van der Waals surface area contributed by atoms with Crippen molar-refractivity contribution in [3.05, 3.63) is 60.4 Å². The Balaban J connectivity index is 1.53. The Morgan fingerprint density at radius 2 is 1.88 bits per heavy atom. The topological polar surface area (TPSA) is 84.9 Å². The summed E-state index contributed by atoms with van der Waals surface area (Å²) in [5.74, 6) is 0.747. The number of benzene rings is 1. The van der Waals surface area contributed by atoms with E-state index in [2.05, 4.69) is 42.9 Å². The first-order valence-electron chi connectivity index (χ1n) is 7.61. The third-order valence-electron chi connectivity index (χ3n) is 3.66. The van der Waals surface area contributed by atoms with E-state index >= 15 is 0 Å². The molecular formula is C16H20N8. The van der Waals surface area contributed by atoms with Crippen LogP contribution in [-0.2, 0) is 20.1 Å². The van der Waals surface area contributed by atoms with E-state index in [-0.39, 0.29) is 0 Å². The summed E-state index contributed by atoms with van der Waals surface area (Å²) in [7, 11) is 3.68. The van der Waals surface area contributed by atoms with Crippen LogP contribution in [0.3, 0.4) is 0 Å². The number of hydrogen-bond donors (Lipinski definition) is 2. The lowest BCUT2D eigenvalue weighted by atomic mass is 10.2. The van der Waals surface area contributed by atoms with Crippen LogP contribution < -0.4 is 10.6 Å². The van der Waals surface area contributed by atoms with E-state index in [1.807, 2.05) is 29.9 Å². The molecule has 1 aromatic carbocycles. The van der Waals surface area contributed by atoms with Crippen molar-refractivity contribution in [1.82, 2.24) is 35.2 Å². The first kappa shape index (κ1) is 15.7. The fourth-order valence-electron chi connectivity index (χ4n) is 2.26. The van der Waals surface area contributed by atoms with Gasteiger partial charge < -0.3 is 10.6 Å². The maximum Gasteiger partial charge on any atom is 0.191 e. The van der Waals surface area contributed by atoms with Gasteiger partial charge in [0.05, 0.1) is 17.9 Å². The molecule has 2 heterocycles. The van der Waals surface area contributed by atoms with E-state index in [0.717, 1.165) is 22.9 Å². The van der Waals surface area contributed by atoms with Crippen molar-refractivity contribution >= 4 is 5.96 Å². The van der Waals surface area contributed by atoms with Crippen molar-refractivity contribution in [2.75, 3.05) is 7.05 Å². The quantitative estimate of drug-likeness (QED) is 0.537. The molecule has 0 aliphatic rings. The van der Waals surface area contributed by atoms with Crippen LogP contribution >= 0.6 is 0 Å². The van der Waals surface area contributed by atoms with Crippen LogP contribution in [0.2, 0.25) is 0 Å². The van der Waals surface area contributed by atoms with E-state index in [9.17, 15) is 0 Å². The van der Waals surface area contributed by atoms with Gasteiger partial charge in [-0.1, -0.05) is 12.1 Å². The fourth-order valence-corrected chi connectivity index (χ4v) is 2.26. The number of aliphatic imine (C=N–C) groups is 1. The molecule has 24 heavy (non-hydrogen) atoms. The second kappa shape index (κ2) is 7.40. The highest BCUT2D eigenvalue weighted by Gasteiger charge is 2.02. The average molecular weight is 324 g/mol. The predicted molar refractivity (Wildman–Crippen MR) is 91.6 cm³/mol. The number of aromatic nitrogens is 5. The Morgan fingerprint density at radius 3 is 2.50 bits per heavy atom. The molecule has 8 nitrogen and oxygen atoms in total. The van der Waals surface area contributed by atoms with Crippen molar-refractivity contribution < 1.29 is 0 Å². The van der Waals surface area contributed by atoms with E-state index in [1.165, 1.54) is 6.33 Å². The van der Waals surface area contributed by atoms with E-state index in [1.54, 1.807) is 24.3 Å². The van der Waals surface area contributed by atoms with Crippen LogP contribution in [0.1, 0.15) is 11.3 Å². The van der Waals surface area contributed by atoms with Crippen molar-refractivity contribution in [2.24, 2.45) is 12.0 Å². The molecule has 0 saturated heterocycles. The van der Waals surface area contributed by atoms with E-state index in [4.69, 9.17) is 0 Å². The summed E-state index contributed by atoms with van der Waals surface area (Å²) in [5.41, 5.74) is 3.23. The maximum absolute atomic E-state index is 4.23. The summed E-state index contributed by atoms with van der Waals surface area (Å²) >= 11 is 0. The molecule has 3 rings (SSSR count). The molecule has 0 aliphatic heterocycles. The average Bonchev–Trinajstić information content (AvgIpc) is 3.28. The highest BCUT2D eigenvalue weighted by atomic mass is 15.3. The molecule has 0 saturated carbocycles. The van der Waals surface area contributed by atoms with Crippen molar-refractivity contribution in [3.63, 3.8) is 0 Å². The van der Waals surface area contributed by atoms with Crippen molar-refractivity contribution in [2.45, 2.75) is 13.1 Å². The SMILES string of the molecule is CN=C(NCc1ccc(-n2cncn2)cc1)NCc1ccnn1C. The van der Waals surface area contributed by atoms with Crippen molar-refractivity contribution in [1.29, 1.82) is 0 Å². The van der Waals surface area contributed by atoms with Gasteiger partial charge in [-0.2, -0.15) is 10.2 Å². The maximum atomic E-state index is 4.23. The molecular weight excluding hydrogens is 304 g/mol. The second-order valence-electron chi connectivity index (χ2n) is 5.23. The van der Waals surface area contributed by atoms with Gasteiger partial charge in [-0.05, 0) is 23.8 Å². The van der Waals surface area contributed by atoms with E-state index < -0.39 is 0 Å². The van der Waals surface area contributed by atoms with Gasteiger partial charge in [-0.3, -0.25) is 9.67 Å². The third kappa shape index (κ3) is 3.78. The highest BCUT2D eigenvalue weighted by Crippen LogP contribution is 2.07. The molecule has 2 N–H and O–H groups in total. The lowest BCUT2D eigenvalue weighted by molar-refractivity contribution is 0.684. The normalized spacial score (nSPS) is 11.5. The molecule has 0 unspecified atom stereocenters. The van der Waals surface area contributed by atoms with Gasteiger partial charge in [0.15, 0.2) is 5.96 Å². The molecule has 0 radical (unpaired) electrons. The van der Waals surface area contributed by atoms with Gasteiger partial charge in [0.2, 0.25) is 0 Å². The molecule has 3 aromatic rings. The fraction of sp³-hybridized carbons (Fsp3) is 0.250. The number of hydrogen-bond acceptors (Lipinski definition) is 4. The van der Waals surface area contributed by atoms with Crippen molar-refractivity contribution in [3.8, 4) is 5.69 Å². The molecule has 0 spiro atoms. The van der Waals surface area contributed by atoms with Gasteiger partial charge in [-0.25, -0.2) is 9.67 Å². The van der Waals surface area contributed by atoms with Gasteiger partial charge in [0.1, 0.15) is 12.7 Å². The summed E-state index contributed by atoms with van der Waals surface area (Å²) in [5, 5.41) is 14.8. The number of rotatable bonds is 5. The first-order valence-corrected chi connectivity index (χ1v) is 7.61. The van der Waals surface area contributed by atoms with Gasteiger partial charge in [0, 0.05) is 26.8 Å². The highest BCUT2D eigenvalue weighted by molar-refractivity contribution is 5.79. The van der Waals surface area contributed by atoms with Crippen LogP contribution in [0.4, 0.5) is 0 Å². The zero-order valence-corrected chi connectivity index (χ0v) is 13.7. The Hall–Kier alpha value is -3.16. The second-order valence-corrected chi connectivity index (χ2v) is 5.23. The summed E-state index contributed by atoms with van der Waals surface area (Å²) in [6, 6.07) is 10.1. The summed E-state index contributed by atoms with van der Waals surface area (Å²) in [4.78, 5) is 8.18. The molecule has 0 aliphatic carbocycles. The molecule has 8 heteroatoms. The lowest BCUT2D eigenvalue weighted by Crippen LogP contribution is -2.36.